The lowest BCUT2D eigenvalue weighted by Gasteiger charge is -2.27. The molecule has 0 saturated heterocycles. The summed E-state index contributed by atoms with van der Waals surface area (Å²) in [7, 11) is 0. The number of rotatable bonds is 6. The summed E-state index contributed by atoms with van der Waals surface area (Å²) >= 11 is 1.14. The minimum atomic E-state index is -0.983. The van der Waals surface area contributed by atoms with Crippen molar-refractivity contribution in [3.8, 4) is 0 Å². The number of carbonyl (C=O) groups is 2. The molecule has 0 aromatic carbocycles. The van der Waals surface area contributed by atoms with E-state index >= 15 is 0 Å². The van der Waals surface area contributed by atoms with Gasteiger partial charge in [-0.25, -0.2) is 4.79 Å². The van der Waals surface area contributed by atoms with Crippen LogP contribution >= 0.6 is 11.3 Å². The number of nitrogens with one attached hydrogen (secondary N) is 1. The molecule has 5 heteroatoms. The Hall–Kier alpha value is -1.36. The second-order valence-corrected chi connectivity index (χ2v) is 6.73. The van der Waals surface area contributed by atoms with Gasteiger partial charge < -0.3 is 10.4 Å². The van der Waals surface area contributed by atoms with Crippen LogP contribution in [0.25, 0.3) is 0 Å². The molecule has 0 radical (unpaired) electrons. The van der Waals surface area contributed by atoms with E-state index in [1.165, 1.54) is 19.3 Å². The summed E-state index contributed by atoms with van der Waals surface area (Å²) in [6.45, 7) is 2.21. The minimum absolute atomic E-state index is 0.0233. The molecule has 2 N–H and O–H groups in total. The molecule has 1 aliphatic rings. The van der Waals surface area contributed by atoms with E-state index in [1.807, 2.05) is 0 Å². The number of carboxylic acids is 1. The van der Waals surface area contributed by atoms with Gasteiger partial charge in [-0.15, -0.1) is 11.3 Å². The van der Waals surface area contributed by atoms with Gasteiger partial charge in [0.15, 0.2) is 0 Å². The molecular formula is C16H23NO3S. The van der Waals surface area contributed by atoms with Crippen molar-refractivity contribution in [3.05, 3.63) is 16.3 Å². The van der Waals surface area contributed by atoms with Gasteiger partial charge in [0, 0.05) is 5.92 Å². The standard InChI is InChI=1S/C16H23NO3S/c1-2-3-4-11-5-7-12(8-6-11)15(18)17-13-9-10-21-14(13)16(19)20/h9-12H,2-8H2,1H3,(H,17,18)(H,19,20). The molecule has 0 unspecified atom stereocenters. The van der Waals surface area contributed by atoms with Crippen LogP contribution in [0.5, 0.6) is 0 Å². The van der Waals surface area contributed by atoms with Crippen molar-refractivity contribution in [2.75, 3.05) is 5.32 Å². The molecule has 21 heavy (non-hydrogen) atoms. The van der Waals surface area contributed by atoms with Crippen LogP contribution in [0.4, 0.5) is 5.69 Å². The van der Waals surface area contributed by atoms with Crippen LogP contribution in [0.2, 0.25) is 0 Å². The number of hydrogen-bond donors (Lipinski definition) is 2. The molecule has 1 aliphatic carbocycles. The summed E-state index contributed by atoms with van der Waals surface area (Å²) in [6.07, 6.45) is 7.87. The first-order valence-electron chi connectivity index (χ1n) is 7.73. The fraction of sp³-hybridized carbons (Fsp3) is 0.625. The number of amides is 1. The molecule has 1 aromatic rings. The van der Waals surface area contributed by atoms with E-state index in [-0.39, 0.29) is 16.7 Å². The van der Waals surface area contributed by atoms with Crippen molar-refractivity contribution in [2.45, 2.75) is 51.9 Å². The molecule has 1 fully saturated rings. The van der Waals surface area contributed by atoms with E-state index in [0.717, 1.165) is 42.9 Å². The smallest absolute Gasteiger partial charge is 0.348 e. The summed E-state index contributed by atoms with van der Waals surface area (Å²) in [5.74, 6) is -0.206. The van der Waals surface area contributed by atoms with Crippen LogP contribution in [0.1, 0.15) is 61.5 Å². The molecule has 1 aromatic heterocycles. The van der Waals surface area contributed by atoms with Crippen molar-refractivity contribution in [1.82, 2.24) is 0 Å². The van der Waals surface area contributed by atoms with Crippen molar-refractivity contribution in [2.24, 2.45) is 11.8 Å². The second-order valence-electron chi connectivity index (χ2n) is 5.82. The SMILES string of the molecule is CCCCC1CCC(C(=O)Nc2ccsc2C(=O)O)CC1. The van der Waals surface area contributed by atoms with Gasteiger partial charge in [-0.3, -0.25) is 4.79 Å². The summed E-state index contributed by atoms with van der Waals surface area (Å²) in [6, 6.07) is 1.67. The van der Waals surface area contributed by atoms with Crippen LogP contribution in [-0.2, 0) is 4.79 Å². The fourth-order valence-corrected chi connectivity index (χ4v) is 3.70. The molecular weight excluding hydrogens is 286 g/mol. The van der Waals surface area contributed by atoms with Gasteiger partial charge in [-0.1, -0.05) is 26.2 Å². The molecule has 1 amide bonds. The Kier molecular flexibility index (Phi) is 5.79. The van der Waals surface area contributed by atoms with Gasteiger partial charge in [0.1, 0.15) is 4.88 Å². The average molecular weight is 309 g/mol. The lowest BCUT2D eigenvalue weighted by atomic mass is 9.79. The highest BCUT2D eigenvalue weighted by Gasteiger charge is 2.27. The van der Waals surface area contributed by atoms with Gasteiger partial charge in [0.2, 0.25) is 5.91 Å². The zero-order chi connectivity index (χ0) is 15.2. The molecule has 2 rings (SSSR count). The molecule has 0 bridgehead atoms. The number of aromatic carboxylic acids is 1. The number of carbonyl (C=O) groups excluding carboxylic acids is 1. The minimum Gasteiger partial charge on any atom is -0.477 e. The van der Waals surface area contributed by atoms with Crippen LogP contribution in [0.3, 0.4) is 0 Å². The Morgan fingerprint density at radius 2 is 2.05 bits per heavy atom. The Labute approximate surface area is 129 Å². The quantitative estimate of drug-likeness (QED) is 0.819. The maximum atomic E-state index is 12.3. The molecule has 116 valence electrons. The van der Waals surface area contributed by atoms with Crippen LogP contribution in [0, 0.1) is 11.8 Å². The topological polar surface area (TPSA) is 66.4 Å². The third kappa shape index (κ3) is 4.30. The third-order valence-electron chi connectivity index (χ3n) is 4.30. The Bertz CT molecular complexity index is 489. The summed E-state index contributed by atoms with van der Waals surface area (Å²) in [5, 5.41) is 13.5. The first kappa shape index (κ1) is 16.0. The van der Waals surface area contributed by atoms with E-state index in [4.69, 9.17) is 5.11 Å². The number of anilines is 1. The molecule has 0 atom stereocenters. The zero-order valence-electron chi connectivity index (χ0n) is 12.4. The van der Waals surface area contributed by atoms with Gasteiger partial charge in [0.05, 0.1) is 5.69 Å². The normalized spacial score (nSPS) is 22.0. The molecule has 1 heterocycles. The second kappa shape index (κ2) is 7.59. The highest BCUT2D eigenvalue weighted by Crippen LogP contribution is 2.33. The van der Waals surface area contributed by atoms with Crippen molar-refractivity contribution in [1.29, 1.82) is 0 Å². The van der Waals surface area contributed by atoms with Crippen molar-refractivity contribution in [3.63, 3.8) is 0 Å². The van der Waals surface area contributed by atoms with Gasteiger partial charge in [0.25, 0.3) is 0 Å². The van der Waals surface area contributed by atoms with E-state index in [0.29, 0.717) is 5.69 Å². The van der Waals surface area contributed by atoms with E-state index < -0.39 is 5.97 Å². The van der Waals surface area contributed by atoms with Crippen molar-refractivity contribution < 1.29 is 14.7 Å². The predicted octanol–water partition coefficient (Wildman–Crippen LogP) is 4.38. The van der Waals surface area contributed by atoms with E-state index in [2.05, 4.69) is 12.2 Å². The first-order chi connectivity index (χ1) is 10.1. The predicted molar refractivity (Wildman–Crippen MR) is 84.9 cm³/mol. The summed E-state index contributed by atoms with van der Waals surface area (Å²) < 4.78 is 0. The Morgan fingerprint density at radius 3 is 2.67 bits per heavy atom. The van der Waals surface area contributed by atoms with Crippen LogP contribution < -0.4 is 5.32 Å². The summed E-state index contributed by atoms with van der Waals surface area (Å²) in [5.41, 5.74) is 0.436. The number of carboxylic acid groups (broad SMARTS) is 1. The van der Waals surface area contributed by atoms with Crippen LogP contribution in [-0.4, -0.2) is 17.0 Å². The third-order valence-corrected chi connectivity index (χ3v) is 5.20. The monoisotopic (exact) mass is 309 g/mol. The number of unbranched alkanes of at least 4 members (excludes halogenated alkanes) is 1. The Balaban J connectivity index is 1.85. The number of thiophene rings is 1. The lowest BCUT2D eigenvalue weighted by molar-refractivity contribution is -0.121. The van der Waals surface area contributed by atoms with Crippen LogP contribution in [0.15, 0.2) is 11.4 Å². The van der Waals surface area contributed by atoms with Gasteiger partial charge >= 0.3 is 5.97 Å². The van der Waals surface area contributed by atoms with Crippen molar-refractivity contribution >= 4 is 28.9 Å². The molecule has 1 saturated carbocycles. The summed E-state index contributed by atoms with van der Waals surface area (Å²) in [4.78, 5) is 23.5. The Morgan fingerprint density at radius 1 is 1.33 bits per heavy atom. The van der Waals surface area contributed by atoms with E-state index in [9.17, 15) is 9.59 Å². The largest absolute Gasteiger partial charge is 0.477 e. The average Bonchev–Trinajstić information content (AvgIpc) is 2.94. The highest BCUT2D eigenvalue weighted by atomic mass is 32.1. The molecule has 0 spiro atoms. The maximum absolute atomic E-state index is 12.3. The van der Waals surface area contributed by atoms with Gasteiger partial charge in [-0.2, -0.15) is 0 Å². The first-order valence-corrected chi connectivity index (χ1v) is 8.61. The lowest BCUT2D eigenvalue weighted by Crippen LogP contribution is -2.27. The highest BCUT2D eigenvalue weighted by molar-refractivity contribution is 7.12. The molecule has 0 aliphatic heterocycles. The van der Waals surface area contributed by atoms with E-state index in [1.54, 1.807) is 11.4 Å². The van der Waals surface area contributed by atoms with Gasteiger partial charge in [-0.05, 0) is 43.0 Å². The number of hydrogen-bond acceptors (Lipinski definition) is 3. The maximum Gasteiger partial charge on any atom is 0.348 e. The fourth-order valence-electron chi connectivity index (χ4n) is 3.01. The molecule has 4 nitrogen and oxygen atoms in total. The zero-order valence-corrected chi connectivity index (χ0v) is 13.2.